The Bertz CT molecular complexity index is 1450. The van der Waals surface area contributed by atoms with Gasteiger partial charge in [-0.25, -0.2) is 21.6 Å². The van der Waals surface area contributed by atoms with E-state index in [0.29, 0.717) is 5.69 Å². The number of carbonyl (C=O) groups excluding carboxylic acids is 1. The van der Waals surface area contributed by atoms with E-state index in [0.717, 1.165) is 28.3 Å². The fraction of sp³-hybridized carbons (Fsp3) is 0.552. The van der Waals surface area contributed by atoms with Crippen LogP contribution in [0.25, 0.3) is 0 Å². The number of ether oxygens (including phenoxy) is 1. The Hall–Kier alpha value is -2.63. The van der Waals surface area contributed by atoms with E-state index < -0.39 is 32.5 Å². The van der Waals surface area contributed by atoms with Crippen LogP contribution in [-0.4, -0.2) is 48.7 Å². The van der Waals surface area contributed by atoms with Gasteiger partial charge in [-0.3, -0.25) is 9.10 Å². The summed E-state index contributed by atoms with van der Waals surface area (Å²) in [7, 11) is -6.20. The largest absolute Gasteiger partial charge is 0.495 e. The van der Waals surface area contributed by atoms with Gasteiger partial charge in [-0.1, -0.05) is 12.1 Å². The van der Waals surface area contributed by atoms with Gasteiger partial charge in [0.2, 0.25) is 26.0 Å². The van der Waals surface area contributed by atoms with E-state index >= 15 is 0 Å². The summed E-state index contributed by atoms with van der Waals surface area (Å²) < 4.78 is 59.7. The lowest BCUT2D eigenvalue weighted by Gasteiger charge is -2.57. The van der Waals surface area contributed by atoms with E-state index in [1.165, 1.54) is 69.4 Å². The summed E-state index contributed by atoms with van der Waals surface area (Å²) in [5.41, 5.74) is 2.00. The Balaban J connectivity index is 1.35. The monoisotopic (exact) mass is 589 g/mol. The van der Waals surface area contributed by atoms with Crippen LogP contribution in [-0.2, 0) is 30.3 Å². The van der Waals surface area contributed by atoms with Crippen molar-refractivity contribution in [2.45, 2.75) is 68.7 Å². The highest BCUT2D eigenvalue weighted by Gasteiger charge is 2.51. The Labute approximate surface area is 237 Å². The number of anilines is 2. The maximum Gasteiger partial charge on any atom is 0.245 e. The molecule has 0 atom stereocenters. The van der Waals surface area contributed by atoms with Gasteiger partial charge >= 0.3 is 0 Å². The van der Waals surface area contributed by atoms with Gasteiger partial charge in [0.1, 0.15) is 12.3 Å². The van der Waals surface area contributed by atoms with Crippen molar-refractivity contribution in [3.05, 3.63) is 48.0 Å². The van der Waals surface area contributed by atoms with Gasteiger partial charge in [0, 0.05) is 6.04 Å². The molecular formula is C29H39N3O6S2. The second kappa shape index (κ2) is 10.6. The summed E-state index contributed by atoms with van der Waals surface area (Å²) in [6.45, 7) is 2.94. The van der Waals surface area contributed by atoms with E-state index in [1.807, 2.05) is 12.1 Å². The highest BCUT2D eigenvalue weighted by atomic mass is 32.2. The number of sulfonamides is 2. The molecule has 0 saturated heterocycles. The van der Waals surface area contributed by atoms with Crippen LogP contribution in [0.15, 0.2) is 47.4 Å². The first-order valence-corrected chi connectivity index (χ1v) is 17.2. The summed E-state index contributed by atoms with van der Waals surface area (Å²) in [6, 6.07) is 11.5. The van der Waals surface area contributed by atoms with Gasteiger partial charge in [0.15, 0.2) is 0 Å². The molecule has 2 N–H and O–H groups in total. The molecule has 9 nitrogen and oxygen atoms in total. The molecule has 4 aliphatic carbocycles. The molecule has 4 saturated carbocycles. The van der Waals surface area contributed by atoms with Crippen molar-refractivity contribution in [1.82, 2.24) is 4.72 Å². The van der Waals surface area contributed by atoms with Crippen molar-refractivity contribution in [3.8, 4) is 5.75 Å². The van der Waals surface area contributed by atoms with Crippen molar-refractivity contribution in [2.24, 2.45) is 17.8 Å². The van der Waals surface area contributed by atoms with Crippen LogP contribution in [0.5, 0.6) is 5.75 Å². The van der Waals surface area contributed by atoms with Gasteiger partial charge < -0.3 is 10.1 Å². The lowest BCUT2D eigenvalue weighted by molar-refractivity contribution is -0.114. The number of carbonyl (C=O) groups is 1. The molecule has 0 aliphatic heterocycles. The van der Waals surface area contributed by atoms with Crippen LogP contribution in [0.1, 0.15) is 57.9 Å². The average molecular weight is 590 g/mol. The first-order chi connectivity index (χ1) is 18.8. The standard InChI is InChI=1S/C29H39N3O6S2/c1-19(2)31-40(36,37)25-9-10-27(38-3)26(14-25)30-28(33)18-32(39(4,34)35)24-7-5-23(6-8-24)29-15-20-11-21(16-29)13-22(12-20)17-29/h5-10,14,19-22,31H,11-13,15-18H2,1-4H3,(H,30,33). The summed E-state index contributed by atoms with van der Waals surface area (Å²) >= 11 is 0. The molecule has 0 aromatic heterocycles. The molecule has 0 unspecified atom stereocenters. The van der Waals surface area contributed by atoms with Gasteiger partial charge in [0.05, 0.1) is 29.6 Å². The van der Waals surface area contributed by atoms with Gasteiger partial charge in [-0.15, -0.1) is 0 Å². The smallest absolute Gasteiger partial charge is 0.245 e. The molecule has 6 rings (SSSR count). The van der Waals surface area contributed by atoms with E-state index in [9.17, 15) is 21.6 Å². The minimum Gasteiger partial charge on any atom is -0.495 e. The van der Waals surface area contributed by atoms with E-state index in [2.05, 4.69) is 10.0 Å². The Kier molecular flexibility index (Phi) is 7.69. The molecule has 2 aromatic rings. The number of benzene rings is 2. The quantitative estimate of drug-likeness (QED) is 0.427. The van der Waals surface area contributed by atoms with Gasteiger partial charge in [0.25, 0.3) is 0 Å². The maximum absolute atomic E-state index is 13.1. The Morgan fingerprint density at radius 2 is 1.55 bits per heavy atom. The fourth-order valence-corrected chi connectivity index (χ4v) is 9.63. The minimum absolute atomic E-state index is 0.0439. The zero-order chi connectivity index (χ0) is 28.9. The minimum atomic E-state index is -3.82. The van der Waals surface area contributed by atoms with Crippen molar-refractivity contribution >= 4 is 37.3 Å². The van der Waals surface area contributed by atoms with Crippen molar-refractivity contribution < 1.29 is 26.4 Å². The Morgan fingerprint density at radius 3 is 2.05 bits per heavy atom. The predicted octanol–water partition coefficient (Wildman–Crippen LogP) is 4.25. The molecule has 4 fully saturated rings. The summed E-state index contributed by atoms with van der Waals surface area (Å²) in [6.07, 6.45) is 8.74. The lowest BCUT2D eigenvalue weighted by Crippen LogP contribution is -2.48. The first-order valence-electron chi connectivity index (χ1n) is 13.9. The number of hydrogen-bond acceptors (Lipinski definition) is 6. The fourth-order valence-electron chi connectivity index (χ4n) is 7.50. The summed E-state index contributed by atoms with van der Waals surface area (Å²) in [5, 5.41) is 2.64. The maximum atomic E-state index is 13.1. The van der Waals surface area contributed by atoms with Crippen molar-refractivity contribution in [1.29, 1.82) is 0 Å². The molecule has 0 heterocycles. The number of rotatable bonds is 10. The van der Waals surface area contributed by atoms with Crippen molar-refractivity contribution in [3.63, 3.8) is 0 Å². The van der Waals surface area contributed by atoms with Gasteiger partial charge in [-0.05, 0) is 111 Å². The highest BCUT2D eigenvalue weighted by Crippen LogP contribution is 2.60. The molecule has 11 heteroatoms. The second-order valence-corrected chi connectivity index (χ2v) is 15.8. The molecular weight excluding hydrogens is 550 g/mol. The number of hydrogen-bond donors (Lipinski definition) is 2. The molecule has 4 aliphatic rings. The Morgan fingerprint density at radius 1 is 0.975 bits per heavy atom. The molecule has 0 radical (unpaired) electrons. The van der Waals surface area contributed by atoms with E-state index in [1.54, 1.807) is 26.0 Å². The van der Waals surface area contributed by atoms with Crippen LogP contribution in [0.2, 0.25) is 0 Å². The number of nitrogens with one attached hydrogen (secondary N) is 2. The molecule has 218 valence electrons. The normalized spacial score (nSPS) is 25.7. The molecule has 40 heavy (non-hydrogen) atoms. The topological polar surface area (TPSA) is 122 Å². The van der Waals surface area contributed by atoms with Gasteiger partial charge in [-0.2, -0.15) is 0 Å². The third-order valence-corrected chi connectivity index (χ3v) is 11.4. The predicted molar refractivity (Wildman–Crippen MR) is 156 cm³/mol. The number of methoxy groups -OCH3 is 1. The average Bonchev–Trinajstić information content (AvgIpc) is 2.85. The highest BCUT2D eigenvalue weighted by molar-refractivity contribution is 7.92. The number of amides is 1. The van der Waals surface area contributed by atoms with Crippen LogP contribution in [0.3, 0.4) is 0 Å². The van der Waals surface area contributed by atoms with Crippen LogP contribution < -0.4 is 19.1 Å². The third-order valence-electron chi connectivity index (χ3n) is 8.64. The SMILES string of the molecule is COc1ccc(S(=O)(=O)NC(C)C)cc1NC(=O)CN(c1ccc(C23CC4CC(CC(C4)C2)C3)cc1)S(C)(=O)=O. The first kappa shape index (κ1) is 28.9. The third kappa shape index (κ3) is 5.87. The molecule has 0 spiro atoms. The number of nitrogens with zero attached hydrogens (tertiary/aromatic N) is 1. The van der Waals surface area contributed by atoms with Crippen LogP contribution in [0.4, 0.5) is 11.4 Å². The molecule has 1 amide bonds. The molecule has 4 bridgehead atoms. The van der Waals surface area contributed by atoms with Crippen LogP contribution in [0, 0.1) is 17.8 Å². The van der Waals surface area contributed by atoms with Crippen LogP contribution >= 0.6 is 0 Å². The summed E-state index contributed by atoms with van der Waals surface area (Å²) in [5.74, 6) is 2.03. The zero-order valence-corrected chi connectivity index (χ0v) is 25.1. The lowest BCUT2D eigenvalue weighted by atomic mass is 9.48. The molecule has 2 aromatic carbocycles. The summed E-state index contributed by atoms with van der Waals surface area (Å²) in [4.78, 5) is 13.1. The van der Waals surface area contributed by atoms with E-state index in [-0.39, 0.29) is 27.8 Å². The second-order valence-electron chi connectivity index (χ2n) is 12.2. The van der Waals surface area contributed by atoms with Crippen molar-refractivity contribution in [2.75, 3.05) is 29.5 Å². The van der Waals surface area contributed by atoms with E-state index in [4.69, 9.17) is 4.74 Å². The zero-order valence-electron chi connectivity index (χ0n) is 23.5.